The van der Waals surface area contributed by atoms with Gasteiger partial charge in [-0.3, -0.25) is 4.79 Å². The first-order valence-corrected chi connectivity index (χ1v) is 7.48. The van der Waals surface area contributed by atoms with Crippen LogP contribution < -0.4 is 5.32 Å². The van der Waals surface area contributed by atoms with Crippen molar-refractivity contribution in [1.82, 2.24) is 5.32 Å². The quantitative estimate of drug-likeness (QED) is 0.907. The molecule has 0 saturated carbocycles. The van der Waals surface area contributed by atoms with Crippen molar-refractivity contribution in [1.29, 1.82) is 0 Å². The van der Waals surface area contributed by atoms with Gasteiger partial charge in [0.1, 0.15) is 5.60 Å². The van der Waals surface area contributed by atoms with Crippen molar-refractivity contribution in [3.05, 3.63) is 70.2 Å². The molecule has 0 aliphatic rings. The van der Waals surface area contributed by atoms with Gasteiger partial charge in [0, 0.05) is 17.7 Å². The Morgan fingerprint density at radius 2 is 1.91 bits per heavy atom. The molecule has 1 amide bonds. The van der Waals surface area contributed by atoms with Crippen molar-refractivity contribution >= 4 is 17.5 Å². The SMILES string of the molecule is COC(C)(CNC(=O)c1ccc(C)cc1)c1cccc(Cl)c1. The summed E-state index contributed by atoms with van der Waals surface area (Å²) < 4.78 is 5.61. The number of rotatable bonds is 5. The highest BCUT2D eigenvalue weighted by molar-refractivity contribution is 6.30. The molecule has 0 saturated heterocycles. The second kappa shape index (κ2) is 6.95. The molecule has 2 rings (SSSR count). The Kier molecular flexibility index (Phi) is 5.22. The van der Waals surface area contributed by atoms with E-state index in [4.69, 9.17) is 16.3 Å². The van der Waals surface area contributed by atoms with Crippen LogP contribution in [0.4, 0.5) is 0 Å². The molecule has 116 valence electrons. The summed E-state index contributed by atoms with van der Waals surface area (Å²) in [6.45, 7) is 4.27. The normalized spacial score (nSPS) is 13.5. The fourth-order valence-electron chi connectivity index (χ4n) is 2.17. The Bertz CT molecular complexity index is 654. The largest absolute Gasteiger partial charge is 0.372 e. The zero-order valence-corrected chi connectivity index (χ0v) is 13.8. The van der Waals surface area contributed by atoms with Crippen LogP contribution in [0.1, 0.15) is 28.4 Å². The van der Waals surface area contributed by atoms with Crippen molar-refractivity contribution in [3.63, 3.8) is 0 Å². The predicted octanol–water partition coefficient (Wildman–Crippen LogP) is 3.94. The maximum atomic E-state index is 12.2. The van der Waals surface area contributed by atoms with E-state index in [-0.39, 0.29) is 5.91 Å². The van der Waals surface area contributed by atoms with Crippen molar-refractivity contribution in [3.8, 4) is 0 Å². The van der Waals surface area contributed by atoms with E-state index in [9.17, 15) is 4.79 Å². The maximum Gasteiger partial charge on any atom is 0.251 e. The van der Waals surface area contributed by atoms with Gasteiger partial charge >= 0.3 is 0 Å². The van der Waals surface area contributed by atoms with E-state index in [2.05, 4.69) is 5.32 Å². The molecule has 1 atom stereocenters. The average Bonchev–Trinajstić information content (AvgIpc) is 2.53. The molecule has 0 aliphatic heterocycles. The van der Waals surface area contributed by atoms with Crippen molar-refractivity contribution in [2.75, 3.05) is 13.7 Å². The third-order valence-corrected chi connectivity index (χ3v) is 4.02. The number of ether oxygens (including phenoxy) is 1. The van der Waals surface area contributed by atoms with Crippen LogP contribution in [0.2, 0.25) is 5.02 Å². The first-order chi connectivity index (χ1) is 10.4. The van der Waals surface area contributed by atoms with Gasteiger partial charge in [0.25, 0.3) is 5.91 Å². The topological polar surface area (TPSA) is 38.3 Å². The van der Waals surface area contributed by atoms with E-state index in [1.54, 1.807) is 7.11 Å². The molecule has 4 heteroatoms. The number of benzene rings is 2. The van der Waals surface area contributed by atoms with Crippen LogP contribution in [-0.4, -0.2) is 19.6 Å². The van der Waals surface area contributed by atoms with Crippen LogP contribution in [-0.2, 0) is 10.3 Å². The highest BCUT2D eigenvalue weighted by atomic mass is 35.5. The lowest BCUT2D eigenvalue weighted by Crippen LogP contribution is -2.40. The van der Waals surface area contributed by atoms with E-state index < -0.39 is 5.60 Å². The van der Waals surface area contributed by atoms with Gasteiger partial charge in [0.05, 0.1) is 6.54 Å². The molecule has 1 unspecified atom stereocenters. The molecule has 0 aliphatic carbocycles. The summed E-state index contributed by atoms with van der Waals surface area (Å²) >= 11 is 6.04. The Labute approximate surface area is 136 Å². The maximum absolute atomic E-state index is 12.2. The molecular formula is C18H20ClNO2. The highest BCUT2D eigenvalue weighted by Crippen LogP contribution is 2.26. The van der Waals surface area contributed by atoms with Gasteiger partial charge in [-0.2, -0.15) is 0 Å². The summed E-state index contributed by atoms with van der Waals surface area (Å²) in [4.78, 5) is 12.2. The van der Waals surface area contributed by atoms with Crippen molar-refractivity contribution in [2.24, 2.45) is 0 Å². The second-order valence-electron chi connectivity index (χ2n) is 5.49. The molecule has 0 fully saturated rings. The smallest absolute Gasteiger partial charge is 0.251 e. The van der Waals surface area contributed by atoms with Crippen LogP contribution in [0.5, 0.6) is 0 Å². The van der Waals surface area contributed by atoms with E-state index >= 15 is 0 Å². The number of carbonyl (C=O) groups excluding carboxylic acids is 1. The summed E-state index contributed by atoms with van der Waals surface area (Å²) in [7, 11) is 1.62. The zero-order valence-electron chi connectivity index (χ0n) is 13.0. The predicted molar refractivity (Wildman–Crippen MR) is 89.3 cm³/mol. The van der Waals surface area contributed by atoms with Gasteiger partial charge in [0.2, 0.25) is 0 Å². The van der Waals surface area contributed by atoms with Gasteiger partial charge < -0.3 is 10.1 Å². The summed E-state index contributed by atoms with van der Waals surface area (Å²) in [5, 5.41) is 3.56. The van der Waals surface area contributed by atoms with Crippen LogP contribution in [0.15, 0.2) is 48.5 Å². The first-order valence-electron chi connectivity index (χ1n) is 7.11. The lowest BCUT2D eigenvalue weighted by atomic mass is 9.95. The third-order valence-electron chi connectivity index (χ3n) is 3.79. The molecule has 3 nitrogen and oxygen atoms in total. The number of amides is 1. The van der Waals surface area contributed by atoms with E-state index in [1.165, 1.54) is 0 Å². The minimum atomic E-state index is -0.634. The van der Waals surface area contributed by atoms with Crippen LogP contribution in [0.3, 0.4) is 0 Å². The summed E-state index contributed by atoms with van der Waals surface area (Å²) in [6.07, 6.45) is 0. The van der Waals surface area contributed by atoms with Gasteiger partial charge in [-0.25, -0.2) is 0 Å². The van der Waals surface area contributed by atoms with Crippen LogP contribution in [0, 0.1) is 6.92 Å². The summed E-state index contributed by atoms with van der Waals surface area (Å²) in [5.74, 6) is -0.120. The van der Waals surface area contributed by atoms with Crippen LogP contribution >= 0.6 is 11.6 Å². The molecule has 2 aromatic rings. The zero-order chi connectivity index (χ0) is 16.2. The van der Waals surface area contributed by atoms with Gasteiger partial charge in [-0.05, 0) is 43.7 Å². The average molecular weight is 318 g/mol. The standard InChI is InChI=1S/C18H20ClNO2/c1-13-7-9-14(10-8-13)17(21)20-12-18(2,22-3)15-5-4-6-16(19)11-15/h4-11H,12H2,1-3H3,(H,20,21). The Morgan fingerprint density at radius 3 is 2.50 bits per heavy atom. The Morgan fingerprint density at radius 1 is 1.23 bits per heavy atom. The fourth-order valence-corrected chi connectivity index (χ4v) is 2.36. The monoisotopic (exact) mass is 317 g/mol. The van der Waals surface area contributed by atoms with Gasteiger partial charge in [0.15, 0.2) is 0 Å². The molecule has 0 aromatic heterocycles. The first kappa shape index (κ1) is 16.5. The minimum Gasteiger partial charge on any atom is -0.372 e. The van der Waals surface area contributed by atoms with E-state index in [0.717, 1.165) is 11.1 Å². The van der Waals surface area contributed by atoms with E-state index in [1.807, 2.05) is 62.4 Å². The lowest BCUT2D eigenvalue weighted by molar-refractivity contribution is 0.00315. The molecule has 0 spiro atoms. The molecule has 0 radical (unpaired) electrons. The summed E-state index contributed by atoms with van der Waals surface area (Å²) in [5.41, 5.74) is 2.05. The fraction of sp³-hybridized carbons (Fsp3) is 0.278. The Hall–Kier alpha value is -1.84. The van der Waals surface area contributed by atoms with Crippen LogP contribution in [0.25, 0.3) is 0 Å². The highest BCUT2D eigenvalue weighted by Gasteiger charge is 2.27. The summed E-state index contributed by atoms with van der Waals surface area (Å²) in [6, 6.07) is 14.9. The number of carbonyl (C=O) groups is 1. The van der Waals surface area contributed by atoms with E-state index in [0.29, 0.717) is 17.1 Å². The molecule has 0 heterocycles. The van der Waals surface area contributed by atoms with Crippen molar-refractivity contribution in [2.45, 2.75) is 19.4 Å². The van der Waals surface area contributed by atoms with Crippen molar-refractivity contribution < 1.29 is 9.53 Å². The van der Waals surface area contributed by atoms with Gasteiger partial charge in [-0.15, -0.1) is 0 Å². The molecule has 1 N–H and O–H groups in total. The number of methoxy groups -OCH3 is 1. The number of hydrogen-bond donors (Lipinski definition) is 1. The lowest BCUT2D eigenvalue weighted by Gasteiger charge is -2.29. The molecular weight excluding hydrogens is 298 g/mol. The number of aryl methyl sites for hydroxylation is 1. The molecule has 2 aromatic carbocycles. The van der Waals surface area contributed by atoms with Gasteiger partial charge in [-0.1, -0.05) is 41.4 Å². The Balaban J connectivity index is 2.10. The second-order valence-corrected chi connectivity index (χ2v) is 5.93. The molecule has 22 heavy (non-hydrogen) atoms. The number of halogens is 1. The number of nitrogens with one attached hydrogen (secondary N) is 1. The number of hydrogen-bond acceptors (Lipinski definition) is 2. The minimum absolute atomic E-state index is 0.120. The molecule has 0 bridgehead atoms. The third kappa shape index (κ3) is 3.87.